The number of aryl methyl sites for hydroxylation is 2. The van der Waals surface area contributed by atoms with E-state index in [0.717, 1.165) is 23.6 Å². The quantitative estimate of drug-likeness (QED) is 0.649. The molecule has 1 aromatic rings. The van der Waals surface area contributed by atoms with Crippen LogP contribution < -0.4 is 5.32 Å². The van der Waals surface area contributed by atoms with Gasteiger partial charge >= 0.3 is 0 Å². The van der Waals surface area contributed by atoms with Gasteiger partial charge < -0.3 is 5.32 Å². The molecule has 0 radical (unpaired) electrons. The fourth-order valence-corrected chi connectivity index (χ4v) is 1.78. The first-order valence-corrected chi connectivity index (χ1v) is 4.68. The van der Waals surface area contributed by atoms with Crippen molar-refractivity contribution in [1.29, 1.82) is 0 Å². The van der Waals surface area contributed by atoms with Gasteiger partial charge in [0.1, 0.15) is 0 Å². The van der Waals surface area contributed by atoms with Crippen LogP contribution in [-0.2, 0) is 6.42 Å². The van der Waals surface area contributed by atoms with Gasteiger partial charge in [0, 0.05) is 17.3 Å². The molecule has 1 N–H and O–H groups in total. The van der Waals surface area contributed by atoms with Crippen LogP contribution in [0.5, 0.6) is 0 Å². The molecule has 64 valence electrons. The summed E-state index contributed by atoms with van der Waals surface area (Å²) in [7, 11) is 0. The highest BCUT2D eigenvalue weighted by Crippen LogP contribution is 2.27. The van der Waals surface area contributed by atoms with Crippen molar-refractivity contribution in [3.8, 4) is 0 Å². The monoisotopic (exact) mass is 181 g/mol. The zero-order valence-electron chi connectivity index (χ0n) is 7.15. The first-order chi connectivity index (χ1) is 5.77. The van der Waals surface area contributed by atoms with E-state index in [4.69, 9.17) is 11.6 Å². The molecule has 0 aliphatic carbocycles. The molecule has 1 aliphatic rings. The Morgan fingerprint density at radius 2 is 2.25 bits per heavy atom. The van der Waals surface area contributed by atoms with Crippen molar-refractivity contribution < 1.29 is 0 Å². The van der Waals surface area contributed by atoms with Gasteiger partial charge in [-0.3, -0.25) is 0 Å². The molecular formula is C10H12ClN. The van der Waals surface area contributed by atoms with E-state index in [-0.39, 0.29) is 0 Å². The molecule has 1 aromatic carbocycles. The van der Waals surface area contributed by atoms with E-state index in [0.29, 0.717) is 0 Å². The number of rotatable bonds is 0. The minimum absolute atomic E-state index is 0.887. The molecule has 1 heterocycles. The smallest absolute Gasteiger partial charge is 0.0439 e. The van der Waals surface area contributed by atoms with Crippen molar-refractivity contribution in [3.05, 3.63) is 28.3 Å². The van der Waals surface area contributed by atoms with Crippen molar-refractivity contribution in [3.63, 3.8) is 0 Å². The summed E-state index contributed by atoms with van der Waals surface area (Å²) in [5.41, 5.74) is 3.78. The number of fused-ring (bicyclic) bond motifs is 1. The van der Waals surface area contributed by atoms with Crippen molar-refractivity contribution in [2.24, 2.45) is 0 Å². The van der Waals surface area contributed by atoms with E-state index in [1.807, 2.05) is 6.92 Å². The van der Waals surface area contributed by atoms with Gasteiger partial charge in [-0.15, -0.1) is 0 Å². The lowest BCUT2D eigenvalue weighted by Crippen LogP contribution is -2.11. The summed E-state index contributed by atoms with van der Waals surface area (Å²) in [4.78, 5) is 0. The number of halogens is 1. The molecule has 0 saturated heterocycles. The van der Waals surface area contributed by atoms with E-state index in [2.05, 4.69) is 17.4 Å². The van der Waals surface area contributed by atoms with Crippen LogP contribution in [0.3, 0.4) is 0 Å². The number of hydrogen-bond donors (Lipinski definition) is 1. The van der Waals surface area contributed by atoms with Gasteiger partial charge in [-0.25, -0.2) is 0 Å². The predicted octanol–water partition coefficient (Wildman–Crippen LogP) is 3.01. The number of nitrogens with one attached hydrogen (secondary N) is 1. The fraction of sp³-hybridized carbons (Fsp3) is 0.400. The molecule has 0 unspecified atom stereocenters. The SMILES string of the molecule is Cc1cc2c(cc1Cl)CCCN2. The maximum atomic E-state index is 6.02. The Morgan fingerprint density at radius 1 is 1.42 bits per heavy atom. The van der Waals surface area contributed by atoms with E-state index in [1.165, 1.54) is 17.7 Å². The van der Waals surface area contributed by atoms with Crippen molar-refractivity contribution in [2.75, 3.05) is 11.9 Å². The molecule has 0 bridgehead atoms. The average Bonchev–Trinajstić information content (AvgIpc) is 2.07. The Bertz CT molecular complexity index is 276. The Balaban J connectivity index is 2.49. The van der Waals surface area contributed by atoms with Crippen LogP contribution in [0.15, 0.2) is 12.1 Å². The summed E-state index contributed by atoms with van der Waals surface area (Å²) in [6.07, 6.45) is 2.37. The summed E-state index contributed by atoms with van der Waals surface area (Å²) in [6.45, 7) is 3.13. The second kappa shape index (κ2) is 2.98. The average molecular weight is 182 g/mol. The maximum Gasteiger partial charge on any atom is 0.0439 e. The number of anilines is 1. The van der Waals surface area contributed by atoms with E-state index in [9.17, 15) is 0 Å². The zero-order valence-corrected chi connectivity index (χ0v) is 7.91. The molecule has 0 aromatic heterocycles. The van der Waals surface area contributed by atoms with Crippen LogP contribution in [0.1, 0.15) is 17.5 Å². The second-order valence-corrected chi connectivity index (χ2v) is 3.70. The molecule has 0 saturated carbocycles. The minimum atomic E-state index is 0.887. The molecule has 0 atom stereocenters. The van der Waals surface area contributed by atoms with E-state index < -0.39 is 0 Å². The highest BCUT2D eigenvalue weighted by atomic mass is 35.5. The van der Waals surface area contributed by atoms with Crippen LogP contribution in [-0.4, -0.2) is 6.54 Å². The van der Waals surface area contributed by atoms with Gasteiger partial charge in [-0.1, -0.05) is 11.6 Å². The number of benzene rings is 1. The van der Waals surface area contributed by atoms with Crippen molar-refractivity contribution in [1.82, 2.24) is 0 Å². The second-order valence-electron chi connectivity index (χ2n) is 3.29. The maximum absolute atomic E-state index is 6.02. The standard InChI is InChI=1S/C10H12ClN/c1-7-5-10-8(6-9(7)11)3-2-4-12-10/h5-6,12H,2-4H2,1H3. The van der Waals surface area contributed by atoms with Gasteiger partial charge in [0.2, 0.25) is 0 Å². The summed E-state index contributed by atoms with van der Waals surface area (Å²) >= 11 is 6.02. The molecular weight excluding hydrogens is 170 g/mol. The summed E-state index contributed by atoms with van der Waals surface area (Å²) in [5.74, 6) is 0. The summed E-state index contributed by atoms with van der Waals surface area (Å²) < 4.78 is 0. The third kappa shape index (κ3) is 1.29. The Kier molecular flexibility index (Phi) is 1.97. The van der Waals surface area contributed by atoms with Crippen LogP contribution >= 0.6 is 11.6 Å². The van der Waals surface area contributed by atoms with Crippen LogP contribution in [0.2, 0.25) is 5.02 Å². The highest BCUT2D eigenvalue weighted by Gasteiger charge is 2.09. The molecule has 12 heavy (non-hydrogen) atoms. The van der Waals surface area contributed by atoms with E-state index in [1.54, 1.807) is 0 Å². The lowest BCUT2D eigenvalue weighted by Gasteiger charge is -2.18. The third-order valence-corrected chi connectivity index (χ3v) is 2.73. The lowest BCUT2D eigenvalue weighted by molar-refractivity contribution is 0.829. The van der Waals surface area contributed by atoms with Crippen LogP contribution in [0, 0.1) is 6.92 Å². The molecule has 2 heteroatoms. The normalized spacial score (nSPS) is 15.2. The molecule has 2 rings (SSSR count). The molecule has 0 spiro atoms. The van der Waals surface area contributed by atoms with Gasteiger partial charge in [0.25, 0.3) is 0 Å². The van der Waals surface area contributed by atoms with Crippen LogP contribution in [0.4, 0.5) is 5.69 Å². The van der Waals surface area contributed by atoms with Gasteiger partial charge in [-0.2, -0.15) is 0 Å². The Morgan fingerprint density at radius 3 is 3.08 bits per heavy atom. The summed E-state index contributed by atoms with van der Waals surface area (Å²) in [6, 6.07) is 4.22. The molecule has 1 aliphatic heterocycles. The van der Waals surface area contributed by atoms with Crippen LogP contribution in [0.25, 0.3) is 0 Å². The molecule has 0 amide bonds. The predicted molar refractivity (Wildman–Crippen MR) is 53.0 cm³/mol. The largest absolute Gasteiger partial charge is 0.385 e. The lowest BCUT2D eigenvalue weighted by atomic mass is 10.0. The van der Waals surface area contributed by atoms with Crippen molar-refractivity contribution in [2.45, 2.75) is 19.8 Å². The zero-order chi connectivity index (χ0) is 8.55. The highest BCUT2D eigenvalue weighted by molar-refractivity contribution is 6.31. The first-order valence-electron chi connectivity index (χ1n) is 4.30. The van der Waals surface area contributed by atoms with Crippen molar-refractivity contribution >= 4 is 17.3 Å². The molecule has 1 nitrogen and oxygen atoms in total. The first kappa shape index (κ1) is 7.93. The van der Waals surface area contributed by atoms with E-state index >= 15 is 0 Å². The Hall–Kier alpha value is -0.690. The Labute approximate surface area is 77.7 Å². The third-order valence-electron chi connectivity index (χ3n) is 2.32. The number of hydrogen-bond acceptors (Lipinski definition) is 1. The van der Waals surface area contributed by atoms with Gasteiger partial charge in [0.15, 0.2) is 0 Å². The molecule has 0 fully saturated rings. The van der Waals surface area contributed by atoms with Gasteiger partial charge in [0.05, 0.1) is 0 Å². The fourth-order valence-electron chi connectivity index (χ4n) is 1.60. The topological polar surface area (TPSA) is 12.0 Å². The van der Waals surface area contributed by atoms with Gasteiger partial charge in [-0.05, 0) is 43.0 Å². The summed E-state index contributed by atoms with van der Waals surface area (Å²) in [5, 5.41) is 4.26. The minimum Gasteiger partial charge on any atom is -0.385 e.